The van der Waals surface area contributed by atoms with E-state index in [1.54, 1.807) is 11.0 Å². The molecule has 5 nitrogen and oxygen atoms in total. The molecule has 0 unspecified atom stereocenters. The zero-order valence-corrected chi connectivity index (χ0v) is 18.5. The maximum atomic E-state index is 13.3. The van der Waals surface area contributed by atoms with Crippen molar-refractivity contribution in [2.24, 2.45) is 0 Å². The highest BCUT2D eigenvalue weighted by Crippen LogP contribution is 2.48. The van der Waals surface area contributed by atoms with E-state index in [1.807, 2.05) is 12.1 Å². The Morgan fingerprint density at radius 1 is 1.20 bits per heavy atom. The Labute approximate surface area is 182 Å². The molecule has 160 valence electrons. The van der Waals surface area contributed by atoms with Gasteiger partial charge in [0.15, 0.2) is 0 Å². The number of nitrogens with zero attached hydrogens (tertiary/aromatic N) is 1. The number of rotatable bonds is 6. The zero-order valence-electron chi connectivity index (χ0n) is 17.7. The molecular weight excluding hydrogens is 402 g/mol. The maximum absolute atomic E-state index is 13.3. The summed E-state index contributed by atoms with van der Waals surface area (Å²) in [4.78, 5) is 15.0. The number of benzene rings is 2. The van der Waals surface area contributed by atoms with Crippen LogP contribution in [0.5, 0.6) is 5.75 Å². The van der Waals surface area contributed by atoms with E-state index >= 15 is 0 Å². The van der Waals surface area contributed by atoms with Gasteiger partial charge in [0.2, 0.25) is 0 Å². The first-order valence-electron chi connectivity index (χ1n) is 10.6. The van der Waals surface area contributed by atoms with Gasteiger partial charge in [-0.1, -0.05) is 49.7 Å². The topological polar surface area (TPSA) is 48.0 Å². The smallest absolute Gasteiger partial charge is 0.292 e. The van der Waals surface area contributed by atoms with Crippen LogP contribution in [0.1, 0.15) is 49.3 Å². The van der Waals surface area contributed by atoms with Crippen LogP contribution in [0.2, 0.25) is 5.02 Å². The molecular formula is C24H28ClNO4. The summed E-state index contributed by atoms with van der Waals surface area (Å²) in [6.45, 7) is 8.32. The fourth-order valence-corrected chi connectivity index (χ4v) is 4.40. The standard InChI is InChI=1S/C24H28ClNO4/c1-16(2)18-10-9-17(3)15-21(18)28-12-5-11-26-22-19(7-4-8-20(22)25)24(23(26)27)29-13-6-14-30-24/h4,7-10,15-16H,5-6,11-14H2,1-3H3. The Balaban J connectivity index is 1.48. The molecule has 1 fully saturated rings. The zero-order chi connectivity index (χ0) is 21.3. The van der Waals surface area contributed by atoms with Crippen molar-refractivity contribution in [2.45, 2.75) is 45.3 Å². The van der Waals surface area contributed by atoms with Crippen molar-refractivity contribution in [3.05, 3.63) is 58.1 Å². The number of carbonyl (C=O) groups excluding carboxylic acids is 1. The second kappa shape index (κ2) is 8.58. The van der Waals surface area contributed by atoms with E-state index in [1.165, 1.54) is 11.1 Å². The van der Waals surface area contributed by atoms with Gasteiger partial charge in [-0.15, -0.1) is 0 Å². The number of carbonyl (C=O) groups is 1. The molecule has 0 saturated carbocycles. The lowest BCUT2D eigenvalue weighted by Gasteiger charge is -2.32. The van der Waals surface area contributed by atoms with Crippen molar-refractivity contribution in [3.8, 4) is 5.75 Å². The predicted octanol–water partition coefficient (Wildman–Crippen LogP) is 5.18. The molecule has 6 heteroatoms. The molecule has 0 aliphatic carbocycles. The van der Waals surface area contributed by atoms with Gasteiger partial charge < -0.3 is 19.1 Å². The summed E-state index contributed by atoms with van der Waals surface area (Å²) in [7, 11) is 0. The van der Waals surface area contributed by atoms with Gasteiger partial charge in [0.1, 0.15) is 5.75 Å². The average molecular weight is 430 g/mol. The van der Waals surface area contributed by atoms with E-state index in [0.29, 0.717) is 55.0 Å². The summed E-state index contributed by atoms with van der Waals surface area (Å²) < 4.78 is 17.9. The number of anilines is 1. The number of amides is 1. The Morgan fingerprint density at radius 3 is 2.70 bits per heavy atom. The molecule has 2 aromatic carbocycles. The fourth-order valence-electron chi connectivity index (χ4n) is 4.12. The Morgan fingerprint density at radius 2 is 1.97 bits per heavy atom. The third-order valence-electron chi connectivity index (χ3n) is 5.61. The van der Waals surface area contributed by atoms with Gasteiger partial charge in [-0.3, -0.25) is 4.79 Å². The summed E-state index contributed by atoms with van der Waals surface area (Å²) in [5, 5.41) is 0.525. The van der Waals surface area contributed by atoms with E-state index < -0.39 is 5.79 Å². The second-order valence-corrected chi connectivity index (χ2v) is 8.57. The Bertz CT molecular complexity index is 937. The molecule has 30 heavy (non-hydrogen) atoms. The van der Waals surface area contributed by atoms with Crippen LogP contribution in [-0.2, 0) is 20.1 Å². The molecule has 2 aliphatic rings. The number of fused-ring (bicyclic) bond motifs is 2. The van der Waals surface area contributed by atoms with E-state index in [2.05, 4.69) is 39.0 Å². The predicted molar refractivity (Wildman–Crippen MR) is 117 cm³/mol. The molecule has 2 heterocycles. The number of ether oxygens (including phenoxy) is 3. The van der Waals surface area contributed by atoms with E-state index in [0.717, 1.165) is 12.2 Å². The van der Waals surface area contributed by atoms with Gasteiger partial charge in [-0.05, 0) is 48.9 Å². The van der Waals surface area contributed by atoms with E-state index in [4.69, 9.17) is 25.8 Å². The van der Waals surface area contributed by atoms with E-state index in [-0.39, 0.29) is 5.91 Å². The van der Waals surface area contributed by atoms with Gasteiger partial charge in [0.05, 0.1) is 30.5 Å². The third-order valence-corrected chi connectivity index (χ3v) is 5.92. The molecule has 0 N–H and O–H groups in total. The average Bonchev–Trinajstić information content (AvgIpc) is 2.95. The first-order chi connectivity index (χ1) is 14.4. The summed E-state index contributed by atoms with van der Waals surface area (Å²) in [6, 6.07) is 11.8. The van der Waals surface area contributed by atoms with Crippen LogP contribution < -0.4 is 9.64 Å². The summed E-state index contributed by atoms with van der Waals surface area (Å²) in [6.07, 6.45) is 1.44. The van der Waals surface area contributed by atoms with Gasteiger partial charge >= 0.3 is 0 Å². The number of hydrogen-bond acceptors (Lipinski definition) is 4. The van der Waals surface area contributed by atoms with Crippen molar-refractivity contribution in [3.63, 3.8) is 0 Å². The van der Waals surface area contributed by atoms with Crippen molar-refractivity contribution < 1.29 is 19.0 Å². The molecule has 0 aromatic heterocycles. The molecule has 1 amide bonds. The molecule has 2 aliphatic heterocycles. The lowest BCUT2D eigenvalue weighted by molar-refractivity contribution is -0.256. The Hall–Kier alpha value is -2.08. The van der Waals surface area contributed by atoms with Crippen LogP contribution in [-0.4, -0.2) is 32.3 Å². The van der Waals surface area contributed by atoms with Crippen molar-refractivity contribution in [2.75, 3.05) is 31.3 Å². The van der Waals surface area contributed by atoms with Crippen LogP contribution >= 0.6 is 11.6 Å². The van der Waals surface area contributed by atoms with Gasteiger partial charge in [0, 0.05) is 12.1 Å². The Kier molecular flexibility index (Phi) is 6.05. The second-order valence-electron chi connectivity index (χ2n) is 8.16. The third kappa shape index (κ3) is 3.70. The summed E-state index contributed by atoms with van der Waals surface area (Å²) in [5.74, 6) is -0.275. The normalized spacial score (nSPS) is 17.6. The fraction of sp³-hybridized carbons (Fsp3) is 0.458. The van der Waals surface area contributed by atoms with E-state index in [9.17, 15) is 4.79 Å². The molecule has 0 bridgehead atoms. The van der Waals surface area contributed by atoms with Gasteiger partial charge in [-0.25, -0.2) is 0 Å². The number of aryl methyl sites for hydroxylation is 1. The molecule has 2 aromatic rings. The van der Waals surface area contributed by atoms with Crippen LogP contribution in [0.15, 0.2) is 36.4 Å². The lowest BCUT2D eigenvalue weighted by Crippen LogP contribution is -2.47. The van der Waals surface area contributed by atoms with Gasteiger partial charge in [0.25, 0.3) is 11.7 Å². The minimum Gasteiger partial charge on any atom is -0.493 e. The molecule has 1 spiro atoms. The van der Waals surface area contributed by atoms with Crippen LogP contribution in [0.4, 0.5) is 5.69 Å². The SMILES string of the molecule is Cc1ccc(C(C)C)c(OCCCN2C(=O)C3(OCCCO3)c3cccc(Cl)c32)c1. The summed E-state index contributed by atoms with van der Waals surface area (Å²) in [5.41, 5.74) is 3.73. The maximum Gasteiger partial charge on any atom is 0.292 e. The monoisotopic (exact) mass is 429 g/mol. The number of para-hydroxylation sites is 1. The first kappa shape index (κ1) is 21.2. The minimum absolute atomic E-state index is 0.205. The first-order valence-corrected chi connectivity index (χ1v) is 10.9. The quantitative estimate of drug-likeness (QED) is 0.594. The van der Waals surface area contributed by atoms with Crippen LogP contribution in [0.25, 0.3) is 0 Å². The number of halogens is 1. The van der Waals surface area contributed by atoms with Crippen LogP contribution in [0, 0.1) is 6.92 Å². The van der Waals surface area contributed by atoms with Crippen molar-refractivity contribution in [1.29, 1.82) is 0 Å². The highest BCUT2D eigenvalue weighted by atomic mass is 35.5. The molecule has 0 radical (unpaired) electrons. The van der Waals surface area contributed by atoms with Crippen molar-refractivity contribution in [1.82, 2.24) is 0 Å². The highest BCUT2D eigenvalue weighted by Gasteiger charge is 2.55. The summed E-state index contributed by atoms with van der Waals surface area (Å²) >= 11 is 6.48. The van der Waals surface area contributed by atoms with Crippen molar-refractivity contribution >= 4 is 23.2 Å². The molecule has 1 saturated heterocycles. The number of hydrogen-bond donors (Lipinski definition) is 0. The highest BCUT2D eigenvalue weighted by molar-refractivity contribution is 6.35. The lowest BCUT2D eigenvalue weighted by atomic mass is 10.0. The molecule has 4 rings (SSSR count). The van der Waals surface area contributed by atoms with Gasteiger partial charge in [-0.2, -0.15) is 0 Å². The van der Waals surface area contributed by atoms with Crippen LogP contribution in [0.3, 0.4) is 0 Å². The largest absolute Gasteiger partial charge is 0.493 e. The molecule has 0 atom stereocenters. The minimum atomic E-state index is -1.36.